The fourth-order valence-electron chi connectivity index (χ4n) is 4.10. The minimum Gasteiger partial charge on any atom is -0.462 e. The number of nitrogens with zero attached hydrogens (tertiary/aromatic N) is 1. The van der Waals surface area contributed by atoms with Gasteiger partial charge >= 0.3 is 11.9 Å². The van der Waals surface area contributed by atoms with Gasteiger partial charge in [0.05, 0.1) is 17.7 Å². The van der Waals surface area contributed by atoms with Crippen LogP contribution in [0, 0.1) is 0 Å². The van der Waals surface area contributed by atoms with Crippen molar-refractivity contribution in [2.24, 2.45) is 0 Å². The van der Waals surface area contributed by atoms with E-state index in [1.165, 1.54) is 6.92 Å². The van der Waals surface area contributed by atoms with Gasteiger partial charge in [0.25, 0.3) is 5.91 Å². The number of hydrogen-bond donors (Lipinski definition) is 1. The molecule has 4 aromatic carbocycles. The van der Waals surface area contributed by atoms with Gasteiger partial charge in [-0.3, -0.25) is 4.79 Å². The van der Waals surface area contributed by atoms with Gasteiger partial charge in [0.2, 0.25) is 5.89 Å². The second kappa shape index (κ2) is 10.6. The van der Waals surface area contributed by atoms with Gasteiger partial charge in [0, 0.05) is 16.6 Å². The van der Waals surface area contributed by atoms with Crippen molar-refractivity contribution in [1.82, 2.24) is 4.98 Å². The summed E-state index contributed by atoms with van der Waals surface area (Å²) in [5.74, 6) is -1.23. The Morgan fingerprint density at radius 2 is 1.63 bits per heavy atom. The third-order valence-electron chi connectivity index (χ3n) is 5.97. The number of amides is 1. The first-order chi connectivity index (χ1) is 18.4. The Morgan fingerprint density at radius 3 is 2.37 bits per heavy atom. The minimum atomic E-state index is -1.08. The highest BCUT2D eigenvalue weighted by Gasteiger charge is 2.23. The lowest BCUT2D eigenvalue weighted by Gasteiger charge is -2.15. The number of benzene rings is 4. The van der Waals surface area contributed by atoms with Crippen LogP contribution in [-0.2, 0) is 14.3 Å². The maximum absolute atomic E-state index is 13.3. The lowest BCUT2D eigenvalue weighted by Crippen LogP contribution is -2.30. The number of oxazole rings is 1. The molecular formula is C30H24N2O6. The van der Waals surface area contributed by atoms with Gasteiger partial charge in [-0.15, -0.1) is 0 Å². The molecule has 0 saturated carbocycles. The first-order valence-corrected chi connectivity index (χ1v) is 12.1. The van der Waals surface area contributed by atoms with Gasteiger partial charge in [-0.25, -0.2) is 14.6 Å². The van der Waals surface area contributed by atoms with Crippen LogP contribution in [0.2, 0.25) is 0 Å². The average Bonchev–Trinajstić information content (AvgIpc) is 3.37. The summed E-state index contributed by atoms with van der Waals surface area (Å²) in [6.45, 7) is 3.49. The third-order valence-corrected chi connectivity index (χ3v) is 5.97. The maximum Gasteiger partial charge on any atom is 0.339 e. The third kappa shape index (κ3) is 4.97. The molecule has 1 unspecified atom stereocenters. The van der Waals surface area contributed by atoms with E-state index in [1.807, 2.05) is 48.5 Å². The Morgan fingerprint density at radius 1 is 0.895 bits per heavy atom. The van der Waals surface area contributed by atoms with E-state index in [9.17, 15) is 14.4 Å². The van der Waals surface area contributed by atoms with Crippen LogP contribution in [0.4, 0.5) is 5.69 Å². The molecule has 5 aromatic rings. The fourth-order valence-corrected chi connectivity index (χ4v) is 4.10. The Bertz CT molecular complexity index is 1620. The predicted molar refractivity (Wildman–Crippen MR) is 143 cm³/mol. The SMILES string of the molecule is CCOC(=O)c1ccc(NC(=O)C(C)OC(=O)c2cccc3cccc(-c4nc5ccccc5o4)c23)cc1. The van der Waals surface area contributed by atoms with Gasteiger partial charge in [-0.05, 0) is 67.8 Å². The summed E-state index contributed by atoms with van der Waals surface area (Å²) in [6, 6.07) is 24.6. The summed E-state index contributed by atoms with van der Waals surface area (Å²) < 4.78 is 16.5. The lowest BCUT2D eigenvalue weighted by atomic mass is 9.99. The molecule has 1 atom stereocenters. The van der Waals surface area contributed by atoms with Gasteiger partial charge in [0.15, 0.2) is 11.7 Å². The molecule has 0 aliphatic rings. The van der Waals surface area contributed by atoms with Crippen molar-refractivity contribution in [1.29, 1.82) is 0 Å². The lowest BCUT2D eigenvalue weighted by molar-refractivity contribution is -0.123. The van der Waals surface area contributed by atoms with E-state index in [0.29, 0.717) is 44.8 Å². The van der Waals surface area contributed by atoms with Crippen molar-refractivity contribution in [3.8, 4) is 11.5 Å². The van der Waals surface area contributed by atoms with Crippen molar-refractivity contribution < 1.29 is 28.3 Å². The highest BCUT2D eigenvalue weighted by Crippen LogP contribution is 2.33. The Balaban J connectivity index is 1.36. The van der Waals surface area contributed by atoms with Crippen LogP contribution in [0.1, 0.15) is 34.6 Å². The molecule has 0 radical (unpaired) electrons. The number of nitrogens with one attached hydrogen (secondary N) is 1. The van der Waals surface area contributed by atoms with Crippen LogP contribution in [0.5, 0.6) is 0 Å². The quantitative estimate of drug-likeness (QED) is 0.268. The topological polar surface area (TPSA) is 108 Å². The Kier molecular flexibility index (Phi) is 6.86. The second-order valence-corrected chi connectivity index (χ2v) is 8.53. The maximum atomic E-state index is 13.3. The second-order valence-electron chi connectivity index (χ2n) is 8.53. The number of fused-ring (bicyclic) bond motifs is 2. The van der Waals surface area contributed by atoms with Crippen molar-refractivity contribution >= 4 is 45.4 Å². The molecule has 0 aliphatic heterocycles. The summed E-state index contributed by atoms with van der Waals surface area (Å²) in [6.07, 6.45) is -1.08. The number of hydrogen-bond acceptors (Lipinski definition) is 7. The molecule has 0 fully saturated rings. The van der Waals surface area contributed by atoms with E-state index in [0.717, 1.165) is 5.39 Å². The van der Waals surface area contributed by atoms with Crippen molar-refractivity contribution in [3.05, 3.63) is 96.1 Å². The molecule has 1 amide bonds. The summed E-state index contributed by atoms with van der Waals surface area (Å²) in [7, 11) is 0. The summed E-state index contributed by atoms with van der Waals surface area (Å²) in [5.41, 5.74) is 3.11. The average molecular weight is 509 g/mol. The van der Waals surface area contributed by atoms with Crippen molar-refractivity contribution in [3.63, 3.8) is 0 Å². The number of esters is 2. The molecule has 8 heteroatoms. The van der Waals surface area contributed by atoms with Crippen LogP contribution < -0.4 is 5.32 Å². The van der Waals surface area contributed by atoms with E-state index in [2.05, 4.69) is 10.3 Å². The molecule has 190 valence electrons. The highest BCUT2D eigenvalue weighted by atomic mass is 16.5. The van der Waals surface area contributed by atoms with E-state index >= 15 is 0 Å². The highest BCUT2D eigenvalue weighted by molar-refractivity contribution is 6.10. The largest absolute Gasteiger partial charge is 0.462 e. The van der Waals surface area contributed by atoms with Crippen LogP contribution >= 0.6 is 0 Å². The summed E-state index contributed by atoms with van der Waals surface area (Å²) in [4.78, 5) is 42.4. The number of carbonyl (C=O) groups excluding carboxylic acids is 3. The molecule has 1 N–H and O–H groups in total. The normalized spacial score (nSPS) is 11.7. The van der Waals surface area contributed by atoms with Gasteiger partial charge in [-0.2, -0.15) is 0 Å². The number of anilines is 1. The van der Waals surface area contributed by atoms with E-state index in [-0.39, 0.29) is 6.61 Å². The standard InChI is InChI=1S/C30H24N2O6/c1-3-36-29(34)20-14-16-21(17-15-20)31-27(33)18(2)37-30(35)23-11-7-9-19-8-6-10-22(26(19)23)28-32-24-12-4-5-13-25(24)38-28/h4-18H,3H2,1-2H3,(H,31,33). The molecule has 1 aromatic heterocycles. The van der Waals surface area contributed by atoms with Crippen LogP contribution in [0.25, 0.3) is 33.3 Å². The molecule has 38 heavy (non-hydrogen) atoms. The zero-order valence-corrected chi connectivity index (χ0v) is 20.8. The predicted octanol–water partition coefficient (Wildman–Crippen LogP) is 6.01. The number of carbonyl (C=O) groups is 3. The van der Waals surface area contributed by atoms with Crippen LogP contribution in [0.3, 0.4) is 0 Å². The molecule has 8 nitrogen and oxygen atoms in total. The smallest absolute Gasteiger partial charge is 0.339 e. The van der Waals surface area contributed by atoms with Crippen molar-refractivity contribution in [2.45, 2.75) is 20.0 Å². The molecule has 0 saturated heterocycles. The molecule has 5 rings (SSSR count). The number of rotatable bonds is 7. The molecule has 0 bridgehead atoms. The van der Waals surface area contributed by atoms with E-state index in [1.54, 1.807) is 43.3 Å². The summed E-state index contributed by atoms with van der Waals surface area (Å²) in [5, 5.41) is 4.12. The molecule has 1 heterocycles. The van der Waals surface area contributed by atoms with Crippen molar-refractivity contribution in [2.75, 3.05) is 11.9 Å². The van der Waals surface area contributed by atoms with E-state index in [4.69, 9.17) is 13.9 Å². The van der Waals surface area contributed by atoms with E-state index < -0.39 is 23.9 Å². The first-order valence-electron chi connectivity index (χ1n) is 12.1. The zero-order chi connectivity index (χ0) is 26.6. The molecular weight excluding hydrogens is 484 g/mol. The summed E-state index contributed by atoms with van der Waals surface area (Å²) >= 11 is 0. The Hall–Kier alpha value is -4.98. The first kappa shape index (κ1) is 24.7. The van der Waals surface area contributed by atoms with Crippen LogP contribution in [0.15, 0.2) is 89.3 Å². The fraction of sp³-hybridized carbons (Fsp3) is 0.133. The monoisotopic (exact) mass is 508 g/mol. The number of aromatic nitrogens is 1. The minimum absolute atomic E-state index is 0.271. The molecule has 0 aliphatic carbocycles. The van der Waals surface area contributed by atoms with Gasteiger partial charge in [-0.1, -0.05) is 36.4 Å². The van der Waals surface area contributed by atoms with Gasteiger partial charge in [0.1, 0.15) is 5.52 Å². The number of para-hydroxylation sites is 2. The Labute approximate surface area is 218 Å². The zero-order valence-electron chi connectivity index (χ0n) is 20.8. The number of ether oxygens (including phenoxy) is 2. The van der Waals surface area contributed by atoms with Crippen LogP contribution in [-0.4, -0.2) is 35.5 Å². The molecule has 0 spiro atoms. The van der Waals surface area contributed by atoms with Gasteiger partial charge < -0.3 is 19.2 Å².